The van der Waals surface area contributed by atoms with Crippen molar-refractivity contribution in [2.75, 3.05) is 17.9 Å². The zero-order valence-electron chi connectivity index (χ0n) is 17.3. The Bertz CT molecular complexity index is 1020. The molecule has 2 N–H and O–H groups in total. The van der Waals surface area contributed by atoms with Gasteiger partial charge in [-0.25, -0.2) is 4.68 Å². The van der Waals surface area contributed by atoms with E-state index in [4.69, 9.17) is 4.74 Å². The maximum Gasteiger partial charge on any atom is 0.240 e. The van der Waals surface area contributed by atoms with Crippen LogP contribution in [0.4, 0.5) is 5.69 Å². The summed E-state index contributed by atoms with van der Waals surface area (Å²) in [6, 6.07) is 15.4. The lowest BCUT2D eigenvalue weighted by atomic mass is 10.0. The molecule has 156 valence electrons. The van der Waals surface area contributed by atoms with Gasteiger partial charge < -0.3 is 15.5 Å². The molecule has 30 heavy (non-hydrogen) atoms. The molecule has 0 unspecified atom stereocenters. The van der Waals surface area contributed by atoms with Crippen molar-refractivity contribution in [2.24, 2.45) is 0 Å². The van der Waals surface area contributed by atoms with E-state index in [1.54, 1.807) is 7.11 Å². The Morgan fingerprint density at radius 2 is 1.90 bits per heavy atom. The number of ether oxygens (including phenoxy) is 1. The average molecular weight is 424 g/mol. The first kappa shape index (κ1) is 20.3. The minimum Gasteiger partial charge on any atom is -0.497 e. The summed E-state index contributed by atoms with van der Waals surface area (Å²) >= 11 is 1.44. The summed E-state index contributed by atoms with van der Waals surface area (Å²) in [5.74, 6) is 1.54. The van der Waals surface area contributed by atoms with Crippen LogP contribution < -0.4 is 15.5 Å². The monoisotopic (exact) mass is 423 g/mol. The van der Waals surface area contributed by atoms with Crippen molar-refractivity contribution in [1.82, 2.24) is 14.9 Å². The smallest absolute Gasteiger partial charge is 0.240 e. The van der Waals surface area contributed by atoms with Gasteiger partial charge in [0, 0.05) is 12.1 Å². The third-order valence-corrected chi connectivity index (χ3v) is 6.24. The van der Waals surface area contributed by atoms with Crippen LogP contribution in [0, 0.1) is 6.92 Å². The summed E-state index contributed by atoms with van der Waals surface area (Å²) in [4.78, 5) is 13.3. The van der Waals surface area contributed by atoms with Gasteiger partial charge >= 0.3 is 0 Å². The molecule has 0 fully saturated rings. The van der Waals surface area contributed by atoms with Crippen LogP contribution in [0.2, 0.25) is 0 Å². The number of aromatic nitrogens is 3. The number of hydrogen-bond donors (Lipinski definition) is 2. The zero-order chi connectivity index (χ0) is 21.1. The molecule has 1 amide bonds. The van der Waals surface area contributed by atoms with Crippen molar-refractivity contribution in [3.05, 3.63) is 65.5 Å². The Labute approximate surface area is 180 Å². The summed E-state index contributed by atoms with van der Waals surface area (Å²) in [6.45, 7) is 4.16. The van der Waals surface area contributed by atoms with Gasteiger partial charge in [0.05, 0.1) is 13.2 Å². The number of fused-ring (bicyclic) bond motifs is 1. The number of thioether (sulfide) groups is 1. The van der Waals surface area contributed by atoms with Crippen molar-refractivity contribution in [1.29, 1.82) is 0 Å². The van der Waals surface area contributed by atoms with Crippen LogP contribution in [0.1, 0.15) is 36.3 Å². The molecule has 0 aliphatic carbocycles. The second-order valence-corrected chi connectivity index (χ2v) is 8.37. The fourth-order valence-electron chi connectivity index (χ4n) is 3.40. The lowest BCUT2D eigenvalue weighted by Gasteiger charge is -2.33. The molecule has 0 saturated heterocycles. The third-order valence-electron chi connectivity index (χ3n) is 5.03. The van der Waals surface area contributed by atoms with E-state index in [2.05, 4.69) is 59.1 Å². The molecule has 0 bridgehead atoms. The van der Waals surface area contributed by atoms with Crippen LogP contribution >= 0.6 is 11.8 Å². The highest BCUT2D eigenvalue weighted by atomic mass is 32.2. The molecule has 2 heterocycles. The molecule has 2 atom stereocenters. The number of anilines is 1. The predicted octanol–water partition coefficient (Wildman–Crippen LogP) is 3.95. The van der Waals surface area contributed by atoms with Gasteiger partial charge in [0.15, 0.2) is 5.82 Å². The summed E-state index contributed by atoms with van der Waals surface area (Å²) in [7, 11) is 1.62. The molecule has 1 aliphatic rings. The van der Waals surface area contributed by atoms with Crippen molar-refractivity contribution < 1.29 is 9.53 Å². The summed E-state index contributed by atoms with van der Waals surface area (Å²) in [5.41, 5.74) is 6.44. The summed E-state index contributed by atoms with van der Waals surface area (Å²) in [6.07, 6.45) is 1.80. The highest BCUT2D eigenvalue weighted by Gasteiger charge is 2.37. The van der Waals surface area contributed by atoms with Gasteiger partial charge in [-0.15, -0.1) is 10.2 Å². The fourth-order valence-corrected chi connectivity index (χ4v) is 4.49. The first-order valence-corrected chi connectivity index (χ1v) is 10.9. The zero-order valence-corrected chi connectivity index (χ0v) is 18.1. The Hall–Kier alpha value is -3.00. The predicted molar refractivity (Wildman–Crippen MR) is 119 cm³/mol. The van der Waals surface area contributed by atoms with Crippen LogP contribution in [-0.2, 0) is 11.2 Å². The van der Waals surface area contributed by atoms with E-state index < -0.39 is 5.25 Å². The standard InChI is InChI=1S/C22H25N5O2S/c1-4-5-18-24-25-22-27(18)26-19(15-8-6-14(2)7-9-15)20(30-22)21(28)23-16-10-12-17(29-3)13-11-16/h6-13,19-20,26H,4-5H2,1-3H3,(H,23,28)/t19-,20+/m0/s1. The number of nitrogens with zero attached hydrogens (tertiary/aromatic N) is 3. The number of benzene rings is 2. The number of aryl methyl sites for hydroxylation is 2. The van der Waals surface area contributed by atoms with Crippen LogP contribution in [0.25, 0.3) is 0 Å². The first-order chi connectivity index (χ1) is 14.6. The molecule has 2 aromatic carbocycles. The molecule has 0 spiro atoms. The molecule has 8 heteroatoms. The summed E-state index contributed by atoms with van der Waals surface area (Å²) < 4.78 is 7.12. The molecule has 1 aromatic heterocycles. The molecule has 0 radical (unpaired) electrons. The van der Waals surface area contributed by atoms with Crippen LogP contribution in [0.3, 0.4) is 0 Å². The van der Waals surface area contributed by atoms with Crippen LogP contribution in [-0.4, -0.2) is 33.1 Å². The van der Waals surface area contributed by atoms with Gasteiger partial charge in [-0.1, -0.05) is 48.5 Å². The molecule has 3 aromatic rings. The number of methoxy groups -OCH3 is 1. The Balaban J connectivity index is 1.63. The van der Waals surface area contributed by atoms with E-state index in [0.717, 1.165) is 35.7 Å². The molecule has 4 rings (SSSR count). The maximum absolute atomic E-state index is 13.3. The van der Waals surface area contributed by atoms with Crippen LogP contribution in [0.5, 0.6) is 5.75 Å². The Morgan fingerprint density at radius 3 is 2.57 bits per heavy atom. The lowest BCUT2D eigenvalue weighted by molar-refractivity contribution is -0.116. The lowest BCUT2D eigenvalue weighted by Crippen LogP contribution is -2.41. The van der Waals surface area contributed by atoms with Gasteiger partial charge in [-0.2, -0.15) is 0 Å². The number of hydrogen-bond acceptors (Lipinski definition) is 6. The SMILES string of the molecule is CCCc1nnc2n1N[C@@H](c1ccc(C)cc1)[C@H](C(=O)Nc1ccc(OC)cc1)S2. The van der Waals surface area contributed by atoms with E-state index in [0.29, 0.717) is 5.16 Å². The largest absolute Gasteiger partial charge is 0.497 e. The van der Waals surface area contributed by atoms with E-state index >= 15 is 0 Å². The Kier molecular flexibility index (Phi) is 5.94. The molecular weight excluding hydrogens is 398 g/mol. The van der Waals surface area contributed by atoms with Crippen molar-refractivity contribution in [2.45, 2.75) is 43.1 Å². The van der Waals surface area contributed by atoms with E-state index in [-0.39, 0.29) is 11.9 Å². The minimum absolute atomic E-state index is 0.0884. The summed E-state index contributed by atoms with van der Waals surface area (Å²) in [5, 5.41) is 11.9. The van der Waals surface area contributed by atoms with Gasteiger partial charge in [-0.3, -0.25) is 4.79 Å². The number of carbonyl (C=O) groups is 1. The molecular formula is C22H25N5O2S. The second-order valence-electron chi connectivity index (χ2n) is 7.26. The van der Waals surface area contributed by atoms with Gasteiger partial charge in [0.2, 0.25) is 11.1 Å². The maximum atomic E-state index is 13.3. The first-order valence-electron chi connectivity index (χ1n) is 9.98. The second kappa shape index (κ2) is 8.79. The van der Waals surface area contributed by atoms with Crippen molar-refractivity contribution in [3.8, 4) is 5.75 Å². The van der Waals surface area contributed by atoms with E-state index in [9.17, 15) is 4.79 Å². The molecule has 0 saturated carbocycles. The third kappa shape index (κ3) is 4.14. The van der Waals surface area contributed by atoms with Crippen molar-refractivity contribution >= 4 is 23.4 Å². The Morgan fingerprint density at radius 1 is 1.17 bits per heavy atom. The van der Waals surface area contributed by atoms with Gasteiger partial charge in [0.25, 0.3) is 0 Å². The average Bonchev–Trinajstić information content (AvgIpc) is 3.16. The van der Waals surface area contributed by atoms with Crippen molar-refractivity contribution in [3.63, 3.8) is 0 Å². The van der Waals surface area contributed by atoms with Gasteiger partial charge in [0.1, 0.15) is 11.0 Å². The quantitative estimate of drug-likeness (QED) is 0.625. The number of nitrogens with one attached hydrogen (secondary N) is 2. The number of carbonyl (C=O) groups excluding carboxylic acids is 1. The highest BCUT2D eigenvalue weighted by Crippen LogP contribution is 2.37. The molecule has 1 aliphatic heterocycles. The van der Waals surface area contributed by atoms with Crippen LogP contribution in [0.15, 0.2) is 53.7 Å². The van der Waals surface area contributed by atoms with E-state index in [1.165, 1.54) is 17.3 Å². The number of rotatable bonds is 6. The molecule has 7 nitrogen and oxygen atoms in total. The minimum atomic E-state index is -0.402. The number of amides is 1. The highest BCUT2D eigenvalue weighted by molar-refractivity contribution is 8.00. The van der Waals surface area contributed by atoms with Gasteiger partial charge in [-0.05, 0) is 43.2 Å². The fraction of sp³-hybridized carbons (Fsp3) is 0.318. The van der Waals surface area contributed by atoms with E-state index in [1.807, 2.05) is 28.9 Å². The topological polar surface area (TPSA) is 81.1 Å². The normalized spacial score (nSPS) is 17.7.